The Morgan fingerprint density at radius 2 is 1.29 bits per heavy atom. The SMILES string of the molecule is Cc1nc(N2CCC[C@@H](N3CCNC3=O)C2)cc(N2CCC[C@@H](N3CCNC3=O)C2)n1. The predicted molar refractivity (Wildman–Crippen MR) is 117 cm³/mol. The van der Waals surface area contributed by atoms with Crippen molar-refractivity contribution < 1.29 is 9.59 Å². The van der Waals surface area contributed by atoms with Crippen molar-refractivity contribution in [3.8, 4) is 0 Å². The van der Waals surface area contributed by atoms with Gasteiger partial charge >= 0.3 is 12.1 Å². The summed E-state index contributed by atoms with van der Waals surface area (Å²) in [6, 6.07) is 2.64. The summed E-state index contributed by atoms with van der Waals surface area (Å²) >= 11 is 0. The fourth-order valence-electron chi connectivity index (χ4n) is 5.36. The molecule has 2 atom stereocenters. The number of aryl methyl sites for hydroxylation is 1. The van der Waals surface area contributed by atoms with Gasteiger partial charge < -0.3 is 30.2 Å². The number of hydrogen-bond donors (Lipinski definition) is 2. The number of hydrogen-bond acceptors (Lipinski definition) is 6. The predicted octanol–water partition coefficient (Wildman–Crippen LogP) is 0.773. The number of nitrogens with zero attached hydrogens (tertiary/aromatic N) is 6. The zero-order valence-corrected chi connectivity index (χ0v) is 18.2. The Morgan fingerprint density at radius 1 is 0.806 bits per heavy atom. The molecular formula is C21H32N8O2. The van der Waals surface area contributed by atoms with Crippen LogP contribution in [0.5, 0.6) is 0 Å². The quantitative estimate of drug-likeness (QED) is 0.736. The van der Waals surface area contributed by atoms with Crippen LogP contribution in [0.25, 0.3) is 0 Å². The molecule has 0 bridgehead atoms. The second-order valence-electron chi connectivity index (χ2n) is 8.97. The summed E-state index contributed by atoms with van der Waals surface area (Å²) in [5.74, 6) is 2.63. The van der Waals surface area contributed by atoms with E-state index in [-0.39, 0.29) is 24.1 Å². The average Bonchev–Trinajstić information content (AvgIpc) is 3.41. The van der Waals surface area contributed by atoms with Gasteiger partial charge in [0.2, 0.25) is 0 Å². The van der Waals surface area contributed by atoms with Gasteiger partial charge in [0.15, 0.2) is 0 Å². The minimum atomic E-state index is 0.0525. The Kier molecular flexibility index (Phi) is 5.45. The molecule has 0 radical (unpaired) electrons. The molecule has 31 heavy (non-hydrogen) atoms. The van der Waals surface area contributed by atoms with Crippen molar-refractivity contribution in [1.82, 2.24) is 30.4 Å². The fraction of sp³-hybridized carbons (Fsp3) is 0.714. The van der Waals surface area contributed by atoms with Gasteiger partial charge in [-0.05, 0) is 32.6 Å². The molecular weight excluding hydrogens is 396 g/mol. The van der Waals surface area contributed by atoms with E-state index < -0.39 is 0 Å². The van der Waals surface area contributed by atoms with E-state index in [0.717, 1.165) is 95.5 Å². The van der Waals surface area contributed by atoms with Gasteiger partial charge in [-0.2, -0.15) is 0 Å². The van der Waals surface area contributed by atoms with Gasteiger partial charge in [0.1, 0.15) is 17.5 Å². The highest BCUT2D eigenvalue weighted by molar-refractivity contribution is 5.77. The Labute approximate surface area is 183 Å². The molecule has 5 heterocycles. The molecule has 10 heteroatoms. The maximum Gasteiger partial charge on any atom is 0.317 e. The first kappa shape index (κ1) is 20.1. The van der Waals surface area contributed by atoms with Crippen molar-refractivity contribution in [1.29, 1.82) is 0 Å². The van der Waals surface area contributed by atoms with Gasteiger partial charge in [0, 0.05) is 58.4 Å². The lowest BCUT2D eigenvalue weighted by Gasteiger charge is -2.39. The zero-order valence-electron chi connectivity index (χ0n) is 18.2. The number of amides is 4. The molecule has 4 aliphatic rings. The smallest absolute Gasteiger partial charge is 0.317 e. The van der Waals surface area contributed by atoms with Crippen LogP contribution in [0.15, 0.2) is 6.07 Å². The number of urea groups is 2. The van der Waals surface area contributed by atoms with E-state index >= 15 is 0 Å². The second kappa shape index (κ2) is 8.39. The molecule has 4 aliphatic heterocycles. The van der Waals surface area contributed by atoms with Crippen molar-refractivity contribution in [2.24, 2.45) is 0 Å². The zero-order chi connectivity index (χ0) is 21.4. The highest BCUT2D eigenvalue weighted by atomic mass is 16.2. The molecule has 1 aromatic rings. The van der Waals surface area contributed by atoms with E-state index in [9.17, 15) is 9.59 Å². The number of piperidine rings is 2. The lowest BCUT2D eigenvalue weighted by Crippen LogP contribution is -2.50. The second-order valence-corrected chi connectivity index (χ2v) is 8.97. The number of aromatic nitrogens is 2. The third kappa shape index (κ3) is 4.07. The fourth-order valence-corrected chi connectivity index (χ4v) is 5.36. The van der Waals surface area contributed by atoms with Gasteiger partial charge in [-0.1, -0.05) is 0 Å². The largest absolute Gasteiger partial charge is 0.354 e. The molecule has 4 amide bonds. The summed E-state index contributed by atoms with van der Waals surface area (Å²) in [7, 11) is 0. The van der Waals surface area contributed by atoms with Crippen LogP contribution >= 0.6 is 0 Å². The molecule has 0 spiro atoms. The average molecular weight is 429 g/mol. The van der Waals surface area contributed by atoms with Crippen LogP contribution in [-0.4, -0.2) is 96.3 Å². The molecule has 10 nitrogen and oxygen atoms in total. The Morgan fingerprint density at radius 3 is 1.71 bits per heavy atom. The Bertz CT molecular complexity index is 784. The first-order valence-corrected chi connectivity index (χ1v) is 11.5. The van der Waals surface area contributed by atoms with E-state index in [1.54, 1.807) is 0 Å². The van der Waals surface area contributed by atoms with Crippen LogP contribution in [0.4, 0.5) is 21.2 Å². The maximum absolute atomic E-state index is 12.1. The minimum absolute atomic E-state index is 0.0525. The van der Waals surface area contributed by atoms with Crippen molar-refractivity contribution in [2.45, 2.75) is 44.7 Å². The molecule has 168 valence electrons. The van der Waals surface area contributed by atoms with E-state index in [1.807, 2.05) is 16.7 Å². The van der Waals surface area contributed by atoms with Crippen molar-refractivity contribution in [2.75, 3.05) is 62.2 Å². The van der Waals surface area contributed by atoms with Crippen molar-refractivity contribution in [3.05, 3.63) is 11.9 Å². The summed E-state index contributed by atoms with van der Waals surface area (Å²) in [6.45, 7) is 8.47. The number of anilines is 2. The summed E-state index contributed by atoms with van der Waals surface area (Å²) in [5.41, 5.74) is 0. The molecule has 0 aliphatic carbocycles. The van der Waals surface area contributed by atoms with Crippen LogP contribution < -0.4 is 20.4 Å². The first-order chi connectivity index (χ1) is 15.1. The first-order valence-electron chi connectivity index (χ1n) is 11.5. The highest BCUT2D eigenvalue weighted by Crippen LogP contribution is 2.27. The molecule has 0 unspecified atom stereocenters. The summed E-state index contributed by atoms with van der Waals surface area (Å²) in [5, 5.41) is 5.83. The van der Waals surface area contributed by atoms with Gasteiger partial charge in [0.25, 0.3) is 0 Å². The molecule has 0 aromatic carbocycles. The standard InChI is InChI=1S/C21H32N8O2/c1-15-24-18(26-8-2-4-16(13-26)28-10-6-22-20(28)30)12-19(25-15)27-9-3-5-17(14-27)29-11-7-23-21(29)31/h12,16-17H,2-11,13-14H2,1H3,(H,22,30)(H,23,31)/t16-,17-/m1/s1. The van der Waals surface area contributed by atoms with Crippen LogP contribution in [0.3, 0.4) is 0 Å². The highest BCUT2D eigenvalue weighted by Gasteiger charge is 2.34. The van der Waals surface area contributed by atoms with Crippen LogP contribution in [0.2, 0.25) is 0 Å². The summed E-state index contributed by atoms with van der Waals surface area (Å²) in [4.78, 5) is 42.3. The number of nitrogens with one attached hydrogen (secondary N) is 2. The number of carbonyl (C=O) groups is 2. The molecule has 1 aromatic heterocycles. The lowest BCUT2D eigenvalue weighted by molar-refractivity contribution is 0.189. The topological polar surface area (TPSA) is 96.9 Å². The van der Waals surface area contributed by atoms with Gasteiger partial charge in [-0.15, -0.1) is 0 Å². The molecule has 5 rings (SSSR count). The van der Waals surface area contributed by atoms with Gasteiger partial charge in [-0.3, -0.25) is 0 Å². The molecule has 2 N–H and O–H groups in total. The molecule has 4 fully saturated rings. The van der Waals surface area contributed by atoms with E-state index in [2.05, 4.69) is 26.5 Å². The lowest BCUT2D eigenvalue weighted by atomic mass is 10.0. The number of carbonyl (C=O) groups excluding carboxylic acids is 2. The van der Waals surface area contributed by atoms with Crippen molar-refractivity contribution >= 4 is 23.7 Å². The summed E-state index contributed by atoms with van der Waals surface area (Å²) in [6.07, 6.45) is 4.16. The van der Waals surface area contributed by atoms with Gasteiger partial charge in [0.05, 0.1) is 12.1 Å². The normalized spacial score (nSPS) is 27.0. The molecule has 4 saturated heterocycles. The molecule has 0 saturated carbocycles. The van der Waals surface area contributed by atoms with Crippen LogP contribution in [0.1, 0.15) is 31.5 Å². The Balaban J connectivity index is 1.32. The third-order valence-electron chi connectivity index (χ3n) is 6.91. The maximum atomic E-state index is 12.1. The third-order valence-corrected chi connectivity index (χ3v) is 6.91. The van der Waals surface area contributed by atoms with Crippen LogP contribution in [0, 0.1) is 6.92 Å². The monoisotopic (exact) mass is 428 g/mol. The Hall–Kier alpha value is -2.78. The van der Waals surface area contributed by atoms with E-state index in [1.165, 1.54) is 0 Å². The van der Waals surface area contributed by atoms with Gasteiger partial charge in [-0.25, -0.2) is 19.6 Å². The number of rotatable bonds is 4. The summed E-state index contributed by atoms with van der Waals surface area (Å²) < 4.78 is 0. The van der Waals surface area contributed by atoms with Crippen LogP contribution in [-0.2, 0) is 0 Å². The van der Waals surface area contributed by atoms with Crippen molar-refractivity contribution in [3.63, 3.8) is 0 Å². The van der Waals surface area contributed by atoms with E-state index in [0.29, 0.717) is 0 Å². The minimum Gasteiger partial charge on any atom is -0.354 e. The van der Waals surface area contributed by atoms with E-state index in [4.69, 9.17) is 9.97 Å².